The van der Waals surface area contributed by atoms with Gasteiger partial charge in [-0.3, -0.25) is 9.59 Å². The first kappa shape index (κ1) is 16.3. The van der Waals surface area contributed by atoms with Gasteiger partial charge in [0.15, 0.2) is 0 Å². The Bertz CT molecular complexity index is 370. The van der Waals surface area contributed by atoms with Gasteiger partial charge >= 0.3 is 5.97 Å². The molecular formula is C16H28N2O3. The third kappa shape index (κ3) is 4.43. The molecule has 0 bridgehead atoms. The molecule has 1 saturated heterocycles. The maximum Gasteiger partial charge on any atom is 0.308 e. The molecule has 0 aromatic heterocycles. The van der Waals surface area contributed by atoms with Crippen molar-refractivity contribution in [3.8, 4) is 0 Å². The Morgan fingerprint density at radius 2 is 2.00 bits per heavy atom. The quantitative estimate of drug-likeness (QED) is 0.698. The lowest BCUT2D eigenvalue weighted by molar-refractivity contribution is -0.142. The van der Waals surface area contributed by atoms with Crippen LogP contribution in [0.15, 0.2) is 0 Å². The normalized spacial score (nSPS) is 30.0. The van der Waals surface area contributed by atoms with E-state index in [4.69, 9.17) is 0 Å². The number of hydrogen-bond donors (Lipinski definition) is 3. The van der Waals surface area contributed by atoms with Crippen molar-refractivity contribution in [3.05, 3.63) is 0 Å². The third-order valence-corrected chi connectivity index (χ3v) is 4.81. The van der Waals surface area contributed by atoms with E-state index in [0.29, 0.717) is 24.3 Å². The Morgan fingerprint density at radius 3 is 2.62 bits per heavy atom. The number of rotatable bonds is 6. The highest BCUT2D eigenvalue weighted by molar-refractivity contribution is 5.82. The Labute approximate surface area is 126 Å². The lowest BCUT2D eigenvalue weighted by Gasteiger charge is -2.24. The molecule has 5 nitrogen and oxygen atoms in total. The fraction of sp³-hybridized carbons (Fsp3) is 0.875. The van der Waals surface area contributed by atoms with Crippen LogP contribution in [-0.2, 0) is 9.59 Å². The number of hydrogen-bond acceptors (Lipinski definition) is 3. The molecule has 2 aliphatic rings. The first-order valence-electron chi connectivity index (χ1n) is 8.24. The summed E-state index contributed by atoms with van der Waals surface area (Å²) >= 11 is 0. The van der Waals surface area contributed by atoms with E-state index in [1.807, 2.05) is 13.8 Å². The van der Waals surface area contributed by atoms with Crippen LogP contribution in [0.25, 0.3) is 0 Å². The summed E-state index contributed by atoms with van der Waals surface area (Å²) in [4.78, 5) is 23.4. The molecule has 2 rings (SSSR count). The van der Waals surface area contributed by atoms with Gasteiger partial charge in [-0.2, -0.15) is 0 Å². The van der Waals surface area contributed by atoms with Gasteiger partial charge in [-0.1, -0.05) is 26.7 Å². The van der Waals surface area contributed by atoms with Crippen molar-refractivity contribution in [2.24, 2.45) is 17.8 Å². The molecule has 2 fully saturated rings. The number of amides is 1. The van der Waals surface area contributed by atoms with Crippen molar-refractivity contribution in [1.29, 1.82) is 0 Å². The van der Waals surface area contributed by atoms with E-state index in [1.165, 1.54) is 25.7 Å². The van der Waals surface area contributed by atoms with Gasteiger partial charge in [0.2, 0.25) is 5.91 Å². The first-order chi connectivity index (χ1) is 9.97. The van der Waals surface area contributed by atoms with E-state index >= 15 is 0 Å². The predicted octanol–water partition coefficient (Wildman–Crippen LogP) is 1.77. The van der Waals surface area contributed by atoms with Crippen molar-refractivity contribution in [2.75, 3.05) is 6.54 Å². The van der Waals surface area contributed by atoms with Gasteiger partial charge < -0.3 is 15.7 Å². The first-order valence-corrected chi connectivity index (χ1v) is 8.24. The lowest BCUT2D eigenvalue weighted by atomic mass is 9.85. The van der Waals surface area contributed by atoms with Crippen LogP contribution in [0.1, 0.15) is 52.4 Å². The summed E-state index contributed by atoms with van der Waals surface area (Å²) in [5, 5.41) is 15.5. The highest BCUT2D eigenvalue weighted by Crippen LogP contribution is 2.33. The molecule has 3 N–H and O–H groups in total. The molecule has 0 spiro atoms. The van der Waals surface area contributed by atoms with Crippen LogP contribution >= 0.6 is 0 Å². The zero-order chi connectivity index (χ0) is 15.4. The van der Waals surface area contributed by atoms with E-state index in [2.05, 4.69) is 10.6 Å². The predicted molar refractivity (Wildman–Crippen MR) is 80.9 cm³/mol. The minimum absolute atomic E-state index is 0.0283. The maximum absolute atomic E-state index is 12.2. The molecule has 21 heavy (non-hydrogen) atoms. The van der Waals surface area contributed by atoms with Crippen molar-refractivity contribution in [1.82, 2.24) is 10.6 Å². The largest absolute Gasteiger partial charge is 0.481 e. The third-order valence-electron chi connectivity index (χ3n) is 4.81. The second-order valence-corrected chi connectivity index (χ2v) is 7.02. The van der Waals surface area contributed by atoms with Crippen LogP contribution in [0.4, 0.5) is 0 Å². The second-order valence-electron chi connectivity index (χ2n) is 7.02. The molecule has 120 valence electrons. The van der Waals surface area contributed by atoms with Crippen LogP contribution in [0.5, 0.6) is 0 Å². The lowest BCUT2D eigenvalue weighted by Crippen LogP contribution is -2.45. The van der Waals surface area contributed by atoms with Crippen molar-refractivity contribution in [3.63, 3.8) is 0 Å². The van der Waals surface area contributed by atoms with Crippen molar-refractivity contribution in [2.45, 2.75) is 64.5 Å². The van der Waals surface area contributed by atoms with Gasteiger partial charge in [-0.15, -0.1) is 0 Å². The van der Waals surface area contributed by atoms with Gasteiger partial charge in [-0.05, 0) is 37.5 Å². The van der Waals surface area contributed by atoms with Crippen LogP contribution < -0.4 is 10.6 Å². The summed E-state index contributed by atoms with van der Waals surface area (Å²) in [5.74, 6) is -0.398. The number of aliphatic carboxylic acids is 1. The number of nitrogens with one attached hydrogen (secondary N) is 2. The minimum Gasteiger partial charge on any atom is -0.481 e. The highest BCUT2D eigenvalue weighted by Gasteiger charge is 2.38. The maximum atomic E-state index is 12.2. The molecule has 4 atom stereocenters. The number of carbonyl (C=O) groups is 2. The van der Waals surface area contributed by atoms with Crippen LogP contribution in [0.2, 0.25) is 0 Å². The molecule has 1 heterocycles. The van der Waals surface area contributed by atoms with E-state index in [0.717, 1.165) is 6.42 Å². The van der Waals surface area contributed by atoms with Crippen LogP contribution in [0.3, 0.4) is 0 Å². The zero-order valence-corrected chi connectivity index (χ0v) is 13.1. The summed E-state index contributed by atoms with van der Waals surface area (Å²) in [6.45, 7) is 4.24. The van der Waals surface area contributed by atoms with E-state index in [1.54, 1.807) is 0 Å². The number of carbonyl (C=O) groups excluding carboxylic acids is 1. The number of carboxylic acid groups (broad SMARTS) is 1. The monoisotopic (exact) mass is 296 g/mol. The zero-order valence-electron chi connectivity index (χ0n) is 13.1. The molecule has 0 aromatic carbocycles. The Morgan fingerprint density at radius 1 is 1.29 bits per heavy atom. The Hall–Kier alpha value is -1.10. The van der Waals surface area contributed by atoms with Gasteiger partial charge in [0.1, 0.15) is 0 Å². The van der Waals surface area contributed by atoms with Gasteiger partial charge in [0, 0.05) is 12.6 Å². The smallest absolute Gasteiger partial charge is 0.308 e. The van der Waals surface area contributed by atoms with Crippen molar-refractivity contribution >= 4 is 11.9 Å². The van der Waals surface area contributed by atoms with E-state index in [-0.39, 0.29) is 18.5 Å². The van der Waals surface area contributed by atoms with Gasteiger partial charge in [-0.25, -0.2) is 0 Å². The summed E-state index contributed by atoms with van der Waals surface area (Å²) < 4.78 is 0. The minimum atomic E-state index is -0.822. The molecule has 1 aliphatic carbocycles. The molecule has 1 saturated carbocycles. The SMILES string of the molecule is CC(C)CC(CNC(=O)C1CC2CCCCC2N1)C(=O)O. The summed E-state index contributed by atoms with van der Waals surface area (Å²) in [6.07, 6.45) is 6.40. The second kappa shape index (κ2) is 7.25. The average Bonchev–Trinajstić information content (AvgIpc) is 2.86. The van der Waals surface area contributed by atoms with Crippen LogP contribution in [-0.4, -0.2) is 35.6 Å². The highest BCUT2D eigenvalue weighted by atomic mass is 16.4. The average molecular weight is 296 g/mol. The van der Waals surface area contributed by atoms with E-state index in [9.17, 15) is 14.7 Å². The molecule has 5 heteroatoms. The molecule has 1 aliphatic heterocycles. The molecule has 0 aromatic rings. The number of carboxylic acids is 1. The fourth-order valence-corrected chi connectivity index (χ4v) is 3.71. The standard InChI is InChI=1S/C16H28N2O3/c1-10(2)7-12(16(20)21)9-17-15(19)14-8-11-5-3-4-6-13(11)18-14/h10-14,18H,3-9H2,1-2H3,(H,17,19)(H,20,21). The molecule has 4 unspecified atom stereocenters. The topological polar surface area (TPSA) is 78.4 Å². The Kier molecular flexibility index (Phi) is 5.62. The van der Waals surface area contributed by atoms with Crippen molar-refractivity contribution < 1.29 is 14.7 Å². The van der Waals surface area contributed by atoms with Gasteiger partial charge in [0.25, 0.3) is 0 Å². The van der Waals surface area contributed by atoms with Crippen LogP contribution in [0, 0.1) is 17.8 Å². The molecular weight excluding hydrogens is 268 g/mol. The fourth-order valence-electron chi connectivity index (χ4n) is 3.71. The molecule has 1 amide bonds. The summed E-state index contributed by atoms with van der Waals surface area (Å²) in [7, 11) is 0. The molecule has 0 radical (unpaired) electrons. The summed E-state index contributed by atoms with van der Waals surface area (Å²) in [6, 6.07) is 0.354. The number of fused-ring (bicyclic) bond motifs is 1. The summed E-state index contributed by atoms with van der Waals surface area (Å²) in [5.41, 5.74) is 0. The van der Waals surface area contributed by atoms with Gasteiger partial charge in [0.05, 0.1) is 12.0 Å². The van der Waals surface area contributed by atoms with E-state index < -0.39 is 11.9 Å². The Balaban J connectivity index is 1.80.